The predicted molar refractivity (Wildman–Crippen MR) is 89.1 cm³/mol. The zero-order valence-corrected chi connectivity index (χ0v) is 14.1. The predicted octanol–water partition coefficient (Wildman–Crippen LogP) is 4.28. The SMILES string of the molecule is CC1CCC(C)C(Nc2cc(C(=O)N(C)C)ccc2Cl)C1. The van der Waals surface area contributed by atoms with E-state index in [9.17, 15) is 4.79 Å². The number of halogens is 1. The van der Waals surface area contributed by atoms with Gasteiger partial charge in [-0.3, -0.25) is 4.79 Å². The van der Waals surface area contributed by atoms with Crippen LogP contribution in [0.3, 0.4) is 0 Å². The highest BCUT2D eigenvalue weighted by Gasteiger charge is 2.26. The van der Waals surface area contributed by atoms with Crippen LogP contribution in [0.5, 0.6) is 0 Å². The smallest absolute Gasteiger partial charge is 0.253 e. The molecular weight excluding hydrogens is 284 g/mol. The maximum Gasteiger partial charge on any atom is 0.253 e. The minimum absolute atomic E-state index is 0.000206. The monoisotopic (exact) mass is 308 g/mol. The minimum atomic E-state index is -0.000206. The van der Waals surface area contributed by atoms with Gasteiger partial charge in [0.1, 0.15) is 0 Å². The van der Waals surface area contributed by atoms with Crippen molar-refractivity contribution in [2.75, 3.05) is 19.4 Å². The first-order valence-electron chi connectivity index (χ1n) is 7.66. The van der Waals surface area contributed by atoms with Crippen LogP contribution >= 0.6 is 11.6 Å². The summed E-state index contributed by atoms with van der Waals surface area (Å²) in [5.41, 5.74) is 1.54. The van der Waals surface area contributed by atoms with E-state index >= 15 is 0 Å². The molecule has 1 aromatic rings. The van der Waals surface area contributed by atoms with E-state index in [4.69, 9.17) is 11.6 Å². The number of anilines is 1. The molecule has 0 radical (unpaired) electrons. The van der Waals surface area contributed by atoms with Crippen LogP contribution in [0.15, 0.2) is 18.2 Å². The fraction of sp³-hybridized carbons (Fsp3) is 0.588. The molecule has 116 valence electrons. The third kappa shape index (κ3) is 3.91. The first-order valence-corrected chi connectivity index (χ1v) is 8.04. The number of nitrogens with zero attached hydrogens (tertiary/aromatic N) is 1. The van der Waals surface area contributed by atoms with Crippen LogP contribution in [0, 0.1) is 11.8 Å². The van der Waals surface area contributed by atoms with Crippen molar-refractivity contribution in [1.82, 2.24) is 4.90 Å². The average molecular weight is 309 g/mol. The molecule has 4 heteroatoms. The summed E-state index contributed by atoms with van der Waals surface area (Å²) in [5, 5.41) is 4.24. The van der Waals surface area contributed by atoms with Gasteiger partial charge >= 0.3 is 0 Å². The molecule has 1 amide bonds. The zero-order valence-electron chi connectivity index (χ0n) is 13.3. The molecule has 1 saturated carbocycles. The van der Waals surface area contributed by atoms with Crippen molar-refractivity contribution in [3.8, 4) is 0 Å². The maximum atomic E-state index is 12.1. The highest BCUT2D eigenvalue weighted by atomic mass is 35.5. The van der Waals surface area contributed by atoms with Gasteiger partial charge in [0.25, 0.3) is 5.91 Å². The van der Waals surface area contributed by atoms with Gasteiger partial charge in [-0.15, -0.1) is 0 Å². The normalized spacial score (nSPS) is 25.5. The topological polar surface area (TPSA) is 32.3 Å². The lowest BCUT2D eigenvalue weighted by molar-refractivity contribution is 0.0827. The molecule has 0 spiro atoms. The molecule has 3 unspecified atom stereocenters. The summed E-state index contributed by atoms with van der Waals surface area (Å²) in [6.45, 7) is 4.58. The van der Waals surface area contributed by atoms with E-state index in [0.29, 0.717) is 22.5 Å². The van der Waals surface area contributed by atoms with Gasteiger partial charge in [0.05, 0.1) is 10.7 Å². The van der Waals surface area contributed by atoms with Crippen molar-refractivity contribution >= 4 is 23.2 Å². The van der Waals surface area contributed by atoms with Crippen molar-refractivity contribution in [1.29, 1.82) is 0 Å². The van der Waals surface area contributed by atoms with E-state index < -0.39 is 0 Å². The van der Waals surface area contributed by atoms with Crippen LogP contribution in [0.1, 0.15) is 43.5 Å². The van der Waals surface area contributed by atoms with Gasteiger partial charge in [-0.1, -0.05) is 31.9 Å². The van der Waals surface area contributed by atoms with Crippen molar-refractivity contribution in [3.63, 3.8) is 0 Å². The average Bonchev–Trinajstić information content (AvgIpc) is 2.44. The van der Waals surface area contributed by atoms with E-state index in [2.05, 4.69) is 19.2 Å². The minimum Gasteiger partial charge on any atom is -0.381 e. The number of rotatable bonds is 3. The Labute approximate surface area is 132 Å². The van der Waals surface area contributed by atoms with Gasteiger partial charge < -0.3 is 10.2 Å². The Hall–Kier alpha value is -1.22. The molecule has 0 saturated heterocycles. The Morgan fingerprint density at radius 3 is 2.67 bits per heavy atom. The van der Waals surface area contributed by atoms with Crippen molar-refractivity contribution in [3.05, 3.63) is 28.8 Å². The number of carbonyl (C=O) groups is 1. The summed E-state index contributed by atoms with van der Waals surface area (Å²) in [6, 6.07) is 5.88. The van der Waals surface area contributed by atoms with E-state index in [-0.39, 0.29) is 5.91 Å². The van der Waals surface area contributed by atoms with Gasteiger partial charge in [0, 0.05) is 25.7 Å². The Bertz CT molecular complexity index is 516. The van der Waals surface area contributed by atoms with Crippen molar-refractivity contribution < 1.29 is 4.79 Å². The molecule has 0 aromatic heterocycles. The van der Waals surface area contributed by atoms with Crippen molar-refractivity contribution in [2.45, 2.75) is 39.2 Å². The van der Waals surface area contributed by atoms with Crippen LogP contribution in [0.25, 0.3) is 0 Å². The molecule has 0 aliphatic heterocycles. The molecule has 1 fully saturated rings. The van der Waals surface area contributed by atoms with Crippen LogP contribution in [-0.2, 0) is 0 Å². The molecule has 0 bridgehead atoms. The molecule has 1 aliphatic carbocycles. The van der Waals surface area contributed by atoms with Crippen LogP contribution in [0.2, 0.25) is 5.02 Å². The summed E-state index contributed by atoms with van der Waals surface area (Å²) < 4.78 is 0. The van der Waals surface area contributed by atoms with Crippen LogP contribution in [0.4, 0.5) is 5.69 Å². The Kier molecular flexibility index (Phi) is 5.15. The van der Waals surface area contributed by atoms with E-state index in [0.717, 1.165) is 18.0 Å². The summed E-state index contributed by atoms with van der Waals surface area (Å²) in [7, 11) is 3.52. The summed E-state index contributed by atoms with van der Waals surface area (Å²) >= 11 is 6.30. The lowest BCUT2D eigenvalue weighted by Gasteiger charge is -2.34. The third-order valence-electron chi connectivity index (χ3n) is 4.42. The highest BCUT2D eigenvalue weighted by Crippen LogP contribution is 2.33. The molecule has 2 rings (SSSR count). The number of hydrogen-bond acceptors (Lipinski definition) is 2. The summed E-state index contributed by atoms with van der Waals surface area (Å²) in [5.74, 6) is 1.37. The maximum absolute atomic E-state index is 12.1. The van der Waals surface area contributed by atoms with Crippen molar-refractivity contribution in [2.24, 2.45) is 11.8 Å². The number of nitrogens with one attached hydrogen (secondary N) is 1. The van der Waals surface area contributed by atoms with E-state index in [1.807, 2.05) is 6.07 Å². The first-order chi connectivity index (χ1) is 9.88. The molecule has 21 heavy (non-hydrogen) atoms. The molecule has 1 aliphatic rings. The Morgan fingerprint density at radius 2 is 2.00 bits per heavy atom. The molecule has 3 atom stereocenters. The summed E-state index contributed by atoms with van der Waals surface area (Å²) in [6.07, 6.45) is 3.70. The summed E-state index contributed by atoms with van der Waals surface area (Å²) in [4.78, 5) is 13.7. The number of amides is 1. The molecular formula is C17H25ClN2O. The second-order valence-corrected chi connectivity index (χ2v) is 6.95. The second-order valence-electron chi connectivity index (χ2n) is 6.54. The number of carbonyl (C=O) groups excluding carboxylic acids is 1. The number of benzene rings is 1. The highest BCUT2D eigenvalue weighted by molar-refractivity contribution is 6.33. The zero-order chi connectivity index (χ0) is 15.6. The van der Waals surface area contributed by atoms with Gasteiger partial charge in [0.15, 0.2) is 0 Å². The lowest BCUT2D eigenvalue weighted by atomic mass is 9.80. The number of hydrogen-bond donors (Lipinski definition) is 1. The van der Waals surface area contributed by atoms with Gasteiger partial charge in [-0.2, -0.15) is 0 Å². The van der Waals surface area contributed by atoms with Crippen LogP contribution < -0.4 is 5.32 Å². The standard InChI is InChI=1S/C17H25ClN2O/c1-11-5-6-12(2)15(9-11)19-16-10-13(7-8-14(16)18)17(21)20(3)4/h7-8,10-12,15,19H,5-6,9H2,1-4H3. The van der Waals surface area contributed by atoms with E-state index in [1.54, 1.807) is 31.1 Å². The molecule has 0 heterocycles. The van der Waals surface area contributed by atoms with Gasteiger partial charge in [0.2, 0.25) is 0 Å². The van der Waals surface area contributed by atoms with Gasteiger partial charge in [-0.05, 0) is 42.9 Å². The van der Waals surface area contributed by atoms with E-state index in [1.165, 1.54) is 12.8 Å². The third-order valence-corrected chi connectivity index (χ3v) is 4.75. The fourth-order valence-electron chi connectivity index (χ4n) is 2.96. The van der Waals surface area contributed by atoms with Gasteiger partial charge in [-0.25, -0.2) is 0 Å². The molecule has 1 N–H and O–H groups in total. The quantitative estimate of drug-likeness (QED) is 0.904. The second kappa shape index (κ2) is 6.69. The molecule has 3 nitrogen and oxygen atoms in total. The molecule has 1 aromatic carbocycles. The fourth-order valence-corrected chi connectivity index (χ4v) is 3.13. The Morgan fingerprint density at radius 1 is 1.29 bits per heavy atom. The largest absolute Gasteiger partial charge is 0.381 e. The first kappa shape index (κ1) is 16.2. The Balaban J connectivity index is 2.19. The lowest BCUT2D eigenvalue weighted by Crippen LogP contribution is -2.33. The van der Waals surface area contributed by atoms with Crippen LogP contribution in [-0.4, -0.2) is 30.9 Å².